The zero-order chi connectivity index (χ0) is 20.1. The van der Waals surface area contributed by atoms with Crippen LogP contribution >= 0.6 is 27.5 Å². The molecule has 0 aliphatic heterocycles. The van der Waals surface area contributed by atoms with Crippen molar-refractivity contribution in [2.75, 3.05) is 7.05 Å². The smallest absolute Gasteiger partial charge is 0.312 e. The molecule has 1 N–H and O–H groups in total. The number of likely N-dealkylation sites (N-methyl/N-ethyl adjacent to an activating group) is 1. The number of rotatable bonds is 7. The van der Waals surface area contributed by atoms with E-state index in [2.05, 4.69) is 20.8 Å². The molecular weight excluding hydrogens is 438 g/mol. The van der Waals surface area contributed by atoms with Gasteiger partial charge in [0, 0.05) is 16.0 Å². The van der Waals surface area contributed by atoms with Gasteiger partial charge in [-0.15, -0.1) is 0 Å². The second-order valence-corrected chi connectivity index (χ2v) is 8.12. The number of hydrogen-bond acceptors (Lipinski definition) is 2. The molecule has 2 unspecified atom stereocenters. The summed E-state index contributed by atoms with van der Waals surface area (Å²) < 4.78 is 0.858. The number of nitrogens with zero attached hydrogens (tertiary/aromatic N) is 1. The van der Waals surface area contributed by atoms with Crippen LogP contribution in [0, 0.1) is 0 Å². The summed E-state index contributed by atoms with van der Waals surface area (Å²) in [6.07, 6.45) is 0. The van der Waals surface area contributed by atoms with Crippen LogP contribution in [0.4, 0.5) is 0 Å². The van der Waals surface area contributed by atoms with Crippen LogP contribution in [0.25, 0.3) is 0 Å². The minimum atomic E-state index is -0.863. The second-order valence-electron chi connectivity index (χ2n) is 6.77. The van der Waals surface area contributed by atoms with Gasteiger partial charge in [0.1, 0.15) is 5.92 Å². The van der Waals surface area contributed by atoms with Crippen LogP contribution in [0.15, 0.2) is 83.3 Å². The molecule has 28 heavy (non-hydrogen) atoms. The normalized spacial score (nSPS) is 13.3. The van der Waals surface area contributed by atoms with Crippen LogP contribution in [0.3, 0.4) is 0 Å². The van der Waals surface area contributed by atoms with Crippen molar-refractivity contribution in [3.05, 3.63) is 105 Å². The molecule has 0 spiro atoms. The predicted molar refractivity (Wildman–Crippen MR) is 117 cm³/mol. The first-order valence-electron chi connectivity index (χ1n) is 8.93. The first kappa shape index (κ1) is 20.6. The third kappa shape index (κ3) is 5.02. The van der Waals surface area contributed by atoms with Gasteiger partial charge in [0.25, 0.3) is 0 Å². The SMILES string of the molecule is CN(Cc1ccccc1)C(c1ccc(Cl)cc1)C(C(=O)O)c1cccc(Br)c1. The lowest BCUT2D eigenvalue weighted by molar-refractivity contribution is -0.140. The highest BCUT2D eigenvalue weighted by Crippen LogP contribution is 2.37. The van der Waals surface area contributed by atoms with Crippen LogP contribution < -0.4 is 0 Å². The van der Waals surface area contributed by atoms with E-state index in [9.17, 15) is 9.90 Å². The maximum Gasteiger partial charge on any atom is 0.312 e. The van der Waals surface area contributed by atoms with Gasteiger partial charge in [-0.2, -0.15) is 0 Å². The van der Waals surface area contributed by atoms with Gasteiger partial charge < -0.3 is 5.11 Å². The molecule has 3 rings (SSSR count). The largest absolute Gasteiger partial charge is 0.481 e. The Balaban J connectivity index is 2.05. The maximum absolute atomic E-state index is 12.4. The first-order valence-corrected chi connectivity index (χ1v) is 10.1. The van der Waals surface area contributed by atoms with E-state index in [-0.39, 0.29) is 6.04 Å². The van der Waals surface area contributed by atoms with E-state index < -0.39 is 11.9 Å². The van der Waals surface area contributed by atoms with E-state index >= 15 is 0 Å². The third-order valence-corrected chi connectivity index (χ3v) is 5.50. The fraction of sp³-hybridized carbons (Fsp3) is 0.174. The topological polar surface area (TPSA) is 40.5 Å². The Labute approximate surface area is 178 Å². The summed E-state index contributed by atoms with van der Waals surface area (Å²) >= 11 is 9.53. The van der Waals surface area contributed by atoms with Crippen molar-refractivity contribution in [3.63, 3.8) is 0 Å². The summed E-state index contributed by atoms with van der Waals surface area (Å²) in [6.45, 7) is 0.631. The Morgan fingerprint density at radius 1 is 1.00 bits per heavy atom. The van der Waals surface area contributed by atoms with Gasteiger partial charge in [0.05, 0.1) is 6.04 Å². The Hall–Kier alpha value is -2.14. The van der Waals surface area contributed by atoms with Gasteiger partial charge in [0.15, 0.2) is 0 Å². The molecule has 0 bridgehead atoms. The molecule has 0 amide bonds. The van der Waals surface area contributed by atoms with E-state index in [1.807, 2.05) is 73.8 Å². The molecule has 0 aromatic heterocycles. The fourth-order valence-corrected chi connectivity index (χ4v) is 4.03. The Bertz CT molecular complexity index is 931. The second kappa shape index (κ2) is 9.37. The average molecular weight is 459 g/mol. The lowest BCUT2D eigenvalue weighted by atomic mass is 9.86. The Morgan fingerprint density at radius 3 is 2.29 bits per heavy atom. The molecule has 0 aliphatic rings. The third-order valence-electron chi connectivity index (χ3n) is 4.75. The average Bonchev–Trinajstić information content (AvgIpc) is 2.67. The monoisotopic (exact) mass is 457 g/mol. The van der Waals surface area contributed by atoms with E-state index in [4.69, 9.17) is 11.6 Å². The van der Waals surface area contributed by atoms with E-state index in [0.717, 1.165) is 21.2 Å². The molecular formula is C23H21BrClNO2. The lowest BCUT2D eigenvalue weighted by Crippen LogP contribution is -2.33. The van der Waals surface area contributed by atoms with Crippen molar-refractivity contribution in [1.29, 1.82) is 0 Å². The molecule has 3 aromatic rings. The molecule has 0 saturated heterocycles. The summed E-state index contributed by atoms with van der Waals surface area (Å²) in [6, 6.07) is 24.6. The highest BCUT2D eigenvalue weighted by Gasteiger charge is 2.34. The van der Waals surface area contributed by atoms with Gasteiger partial charge in [-0.25, -0.2) is 0 Å². The Morgan fingerprint density at radius 2 is 1.68 bits per heavy atom. The maximum atomic E-state index is 12.4. The summed E-state index contributed by atoms with van der Waals surface area (Å²) in [5.74, 6) is -1.59. The molecule has 144 valence electrons. The van der Waals surface area contributed by atoms with Gasteiger partial charge in [0.2, 0.25) is 0 Å². The molecule has 0 heterocycles. The summed E-state index contributed by atoms with van der Waals surface area (Å²) in [5.41, 5.74) is 2.79. The number of carboxylic acids is 1. The molecule has 2 atom stereocenters. The number of carbonyl (C=O) groups is 1. The number of aliphatic carboxylic acids is 1. The molecule has 3 nitrogen and oxygen atoms in total. The van der Waals surface area contributed by atoms with Crippen LogP contribution in [-0.2, 0) is 11.3 Å². The zero-order valence-corrected chi connectivity index (χ0v) is 17.8. The quantitative estimate of drug-likeness (QED) is 0.462. The van der Waals surface area contributed by atoms with Crippen molar-refractivity contribution in [1.82, 2.24) is 4.90 Å². The minimum absolute atomic E-state index is 0.357. The standard InChI is InChI=1S/C23H21BrClNO2/c1-26(15-16-6-3-2-4-7-16)22(17-10-12-20(25)13-11-17)21(23(27)28)18-8-5-9-19(24)14-18/h2-14,21-22H,15H2,1H3,(H,27,28). The van der Waals surface area contributed by atoms with Crippen molar-refractivity contribution in [2.45, 2.75) is 18.5 Å². The molecule has 3 aromatic carbocycles. The molecule has 0 fully saturated rings. The van der Waals surface area contributed by atoms with E-state index in [1.54, 1.807) is 12.1 Å². The van der Waals surface area contributed by atoms with Crippen molar-refractivity contribution in [3.8, 4) is 0 Å². The first-order chi connectivity index (χ1) is 13.5. The van der Waals surface area contributed by atoms with Crippen molar-refractivity contribution >= 4 is 33.5 Å². The molecule has 5 heteroatoms. The van der Waals surface area contributed by atoms with E-state index in [0.29, 0.717) is 11.6 Å². The number of carboxylic acid groups (broad SMARTS) is 1. The van der Waals surface area contributed by atoms with Gasteiger partial charge in [-0.1, -0.05) is 82.1 Å². The van der Waals surface area contributed by atoms with Gasteiger partial charge >= 0.3 is 5.97 Å². The molecule has 0 radical (unpaired) electrons. The summed E-state index contributed by atoms with van der Waals surface area (Å²) in [5, 5.41) is 10.8. The van der Waals surface area contributed by atoms with E-state index in [1.165, 1.54) is 0 Å². The zero-order valence-electron chi connectivity index (χ0n) is 15.4. The van der Waals surface area contributed by atoms with Crippen LogP contribution in [0.2, 0.25) is 5.02 Å². The lowest BCUT2D eigenvalue weighted by Gasteiger charge is -2.33. The predicted octanol–water partition coefficient (Wildman–Crippen LogP) is 6.14. The van der Waals surface area contributed by atoms with Crippen molar-refractivity contribution < 1.29 is 9.90 Å². The fourth-order valence-electron chi connectivity index (χ4n) is 3.49. The number of halogens is 2. The number of hydrogen-bond donors (Lipinski definition) is 1. The molecule has 0 aliphatic carbocycles. The molecule has 0 saturated carbocycles. The van der Waals surface area contributed by atoms with Crippen molar-refractivity contribution in [2.24, 2.45) is 0 Å². The number of benzene rings is 3. The van der Waals surface area contributed by atoms with Crippen LogP contribution in [0.5, 0.6) is 0 Å². The summed E-state index contributed by atoms with van der Waals surface area (Å²) in [7, 11) is 1.96. The summed E-state index contributed by atoms with van der Waals surface area (Å²) in [4.78, 5) is 14.5. The Kier molecular flexibility index (Phi) is 6.89. The van der Waals surface area contributed by atoms with Crippen LogP contribution in [0.1, 0.15) is 28.7 Å². The van der Waals surface area contributed by atoms with Crippen LogP contribution in [-0.4, -0.2) is 23.0 Å². The minimum Gasteiger partial charge on any atom is -0.481 e. The van der Waals surface area contributed by atoms with Gasteiger partial charge in [-0.05, 0) is 48.0 Å². The highest BCUT2D eigenvalue weighted by atomic mass is 79.9. The highest BCUT2D eigenvalue weighted by molar-refractivity contribution is 9.10. The van der Waals surface area contributed by atoms with Gasteiger partial charge in [-0.3, -0.25) is 9.69 Å².